The minimum absolute atomic E-state index is 0.196. The lowest BCUT2D eigenvalue weighted by Crippen LogP contribution is -2.24. The summed E-state index contributed by atoms with van der Waals surface area (Å²) >= 11 is 0. The molecule has 0 unspecified atom stereocenters. The van der Waals surface area contributed by atoms with Crippen LogP contribution in [-0.4, -0.2) is 24.8 Å². The Labute approximate surface area is 136 Å². The SMILES string of the molecule is O=c1n(Cc2coc(-c3ccccc3)n2)nnn1-c1ccccc1. The van der Waals surface area contributed by atoms with Crippen LogP contribution < -0.4 is 5.69 Å². The first-order valence-electron chi connectivity index (χ1n) is 7.39. The van der Waals surface area contributed by atoms with Crippen molar-refractivity contribution in [2.45, 2.75) is 6.54 Å². The summed E-state index contributed by atoms with van der Waals surface area (Å²) in [5, 5.41) is 7.81. The van der Waals surface area contributed by atoms with Crippen molar-refractivity contribution in [3.05, 3.63) is 83.1 Å². The van der Waals surface area contributed by atoms with E-state index in [1.165, 1.54) is 15.6 Å². The number of para-hydroxylation sites is 1. The number of nitrogens with zero attached hydrogens (tertiary/aromatic N) is 5. The summed E-state index contributed by atoms with van der Waals surface area (Å²) in [6.45, 7) is 0.196. The van der Waals surface area contributed by atoms with Gasteiger partial charge in [-0.1, -0.05) is 36.4 Å². The topological polar surface area (TPSA) is 78.7 Å². The van der Waals surface area contributed by atoms with E-state index in [-0.39, 0.29) is 12.2 Å². The molecule has 4 aromatic rings. The highest BCUT2D eigenvalue weighted by atomic mass is 16.3. The largest absolute Gasteiger partial charge is 0.444 e. The standard InChI is InChI=1S/C17H13N5O2/c23-17-21(19-20-22(17)15-9-5-2-6-10-15)11-14-12-24-16(18-14)13-7-3-1-4-8-13/h1-10,12H,11H2. The molecular weight excluding hydrogens is 306 g/mol. The zero-order valence-corrected chi connectivity index (χ0v) is 12.6. The summed E-state index contributed by atoms with van der Waals surface area (Å²) in [7, 11) is 0. The smallest absolute Gasteiger partial charge is 0.368 e. The fourth-order valence-corrected chi connectivity index (χ4v) is 2.35. The van der Waals surface area contributed by atoms with Gasteiger partial charge in [-0.2, -0.15) is 9.36 Å². The van der Waals surface area contributed by atoms with E-state index in [1.54, 1.807) is 12.1 Å². The average Bonchev–Trinajstić information content (AvgIpc) is 3.25. The molecule has 0 aliphatic heterocycles. The second-order valence-corrected chi connectivity index (χ2v) is 5.18. The lowest BCUT2D eigenvalue weighted by atomic mass is 10.2. The van der Waals surface area contributed by atoms with Crippen LogP contribution in [0.25, 0.3) is 17.1 Å². The Morgan fingerprint density at radius 2 is 1.62 bits per heavy atom. The van der Waals surface area contributed by atoms with Crippen molar-refractivity contribution in [3.8, 4) is 17.1 Å². The highest BCUT2D eigenvalue weighted by molar-refractivity contribution is 5.52. The second-order valence-electron chi connectivity index (χ2n) is 5.18. The van der Waals surface area contributed by atoms with Crippen molar-refractivity contribution in [2.75, 3.05) is 0 Å². The van der Waals surface area contributed by atoms with Gasteiger partial charge in [0.1, 0.15) is 12.0 Å². The van der Waals surface area contributed by atoms with Gasteiger partial charge >= 0.3 is 5.69 Å². The van der Waals surface area contributed by atoms with E-state index in [9.17, 15) is 4.79 Å². The van der Waals surface area contributed by atoms with Crippen LogP contribution in [0.1, 0.15) is 5.69 Å². The zero-order valence-electron chi connectivity index (χ0n) is 12.6. The molecule has 0 aliphatic carbocycles. The first-order chi connectivity index (χ1) is 11.8. The van der Waals surface area contributed by atoms with Crippen molar-refractivity contribution < 1.29 is 4.42 Å². The zero-order chi connectivity index (χ0) is 16.4. The molecule has 2 heterocycles. The number of rotatable bonds is 4. The molecular formula is C17H13N5O2. The Bertz CT molecular complexity index is 1000. The van der Waals surface area contributed by atoms with E-state index in [1.807, 2.05) is 48.5 Å². The van der Waals surface area contributed by atoms with Crippen LogP contribution in [0.5, 0.6) is 0 Å². The van der Waals surface area contributed by atoms with Gasteiger partial charge in [0.05, 0.1) is 12.2 Å². The Morgan fingerprint density at radius 1 is 0.917 bits per heavy atom. The van der Waals surface area contributed by atoms with Gasteiger partial charge in [-0.15, -0.1) is 0 Å². The second kappa shape index (κ2) is 5.96. The van der Waals surface area contributed by atoms with Crippen LogP contribution in [0.2, 0.25) is 0 Å². The van der Waals surface area contributed by atoms with E-state index in [4.69, 9.17) is 4.42 Å². The molecule has 118 valence electrons. The maximum absolute atomic E-state index is 12.4. The van der Waals surface area contributed by atoms with Crippen LogP contribution in [0, 0.1) is 0 Å². The maximum Gasteiger partial charge on any atom is 0.368 e. The summed E-state index contributed by atoms with van der Waals surface area (Å²) in [6, 6.07) is 18.7. The molecule has 7 heteroatoms. The molecule has 0 amide bonds. The minimum atomic E-state index is -0.328. The van der Waals surface area contributed by atoms with Gasteiger partial charge < -0.3 is 4.42 Å². The summed E-state index contributed by atoms with van der Waals surface area (Å²) in [6.07, 6.45) is 1.52. The van der Waals surface area contributed by atoms with E-state index < -0.39 is 0 Å². The van der Waals surface area contributed by atoms with E-state index in [0.717, 1.165) is 5.56 Å². The van der Waals surface area contributed by atoms with Crippen LogP contribution in [0.3, 0.4) is 0 Å². The normalized spacial score (nSPS) is 10.8. The van der Waals surface area contributed by atoms with Crippen molar-refractivity contribution >= 4 is 0 Å². The fraction of sp³-hybridized carbons (Fsp3) is 0.0588. The van der Waals surface area contributed by atoms with Gasteiger partial charge in [-0.25, -0.2) is 9.78 Å². The minimum Gasteiger partial charge on any atom is -0.444 e. The lowest BCUT2D eigenvalue weighted by molar-refractivity contribution is 0.567. The molecule has 0 fully saturated rings. The Balaban J connectivity index is 1.60. The van der Waals surface area contributed by atoms with Crippen molar-refractivity contribution in [1.82, 2.24) is 24.8 Å². The monoisotopic (exact) mass is 319 g/mol. The number of tetrazole rings is 1. The Kier molecular flexibility index (Phi) is 3.51. The number of oxazole rings is 1. The molecule has 4 rings (SSSR count). The number of hydrogen-bond acceptors (Lipinski definition) is 5. The fourth-order valence-electron chi connectivity index (χ4n) is 2.35. The third-order valence-electron chi connectivity index (χ3n) is 3.52. The predicted octanol–water partition coefficient (Wildman–Crippen LogP) is 2.13. The van der Waals surface area contributed by atoms with Crippen LogP contribution in [-0.2, 0) is 6.54 Å². The summed E-state index contributed by atoms with van der Waals surface area (Å²) in [4.78, 5) is 16.8. The quantitative estimate of drug-likeness (QED) is 0.576. The van der Waals surface area contributed by atoms with Gasteiger partial charge in [0.2, 0.25) is 5.89 Å². The molecule has 0 radical (unpaired) electrons. The third-order valence-corrected chi connectivity index (χ3v) is 3.52. The Hall–Kier alpha value is -3.48. The summed E-state index contributed by atoms with van der Waals surface area (Å²) in [5.41, 5.74) is 1.82. The number of hydrogen-bond donors (Lipinski definition) is 0. The molecule has 2 aromatic carbocycles. The lowest BCUT2D eigenvalue weighted by Gasteiger charge is -1.96. The molecule has 7 nitrogen and oxygen atoms in total. The molecule has 0 saturated heterocycles. The van der Waals surface area contributed by atoms with E-state index in [0.29, 0.717) is 17.3 Å². The third kappa shape index (κ3) is 2.63. The molecule has 0 aliphatic rings. The first kappa shape index (κ1) is 14.1. The summed E-state index contributed by atoms with van der Waals surface area (Å²) < 4.78 is 7.97. The van der Waals surface area contributed by atoms with Gasteiger partial charge in [-0.05, 0) is 34.7 Å². The number of benzene rings is 2. The highest BCUT2D eigenvalue weighted by Gasteiger charge is 2.12. The van der Waals surface area contributed by atoms with Gasteiger partial charge in [0.15, 0.2) is 0 Å². The molecule has 0 saturated carbocycles. The average molecular weight is 319 g/mol. The molecule has 0 N–H and O–H groups in total. The molecule has 2 aromatic heterocycles. The van der Waals surface area contributed by atoms with Gasteiger partial charge in [-0.3, -0.25) is 0 Å². The maximum atomic E-state index is 12.4. The molecule has 0 atom stereocenters. The van der Waals surface area contributed by atoms with Crippen molar-refractivity contribution in [3.63, 3.8) is 0 Å². The van der Waals surface area contributed by atoms with Gasteiger partial charge in [0, 0.05) is 5.56 Å². The predicted molar refractivity (Wildman–Crippen MR) is 86.7 cm³/mol. The summed E-state index contributed by atoms with van der Waals surface area (Å²) in [5.74, 6) is 0.508. The Morgan fingerprint density at radius 3 is 2.38 bits per heavy atom. The van der Waals surface area contributed by atoms with Crippen LogP contribution >= 0.6 is 0 Å². The molecule has 0 bridgehead atoms. The molecule has 0 spiro atoms. The van der Waals surface area contributed by atoms with Crippen LogP contribution in [0.4, 0.5) is 0 Å². The first-order valence-corrected chi connectivity index (χ1v) is 7.39. The van der Waals surface area contributed by atoms with Gasteiger partial charge in [0.25, 0.3) is 0 Å². The number of aromatic nitrogens is 5. The van der Waals surface area contributed by atoms with Crippen molar-refractivity contribution in [2.24, 2.45) is 0 Å². The highest BCUT2D eigenvalue weighted by Crippen LogP contribution is 2.18. The molecule has 24 heavy (non-hydrogen) atoms. The van der Waals surface area contributed by atoms with Crippen molar-refractivity contribution in [1.29, 1.82) is 0 Å². The van der Waals surface area contributed by atoms with Crippen LogP contribution in [0.15, 0.2) is 76.1 Å². The van der Waals surface area contributed by atoms with E-state index >= 15 is 0 Å². The van der Waals surface area contributed by atoms with E-state index in [2.05, 4.69) is 15.4 Å².